The highest BCUT2D eigenvalue weighted by molar-refractivity contribution is 7.89. The van der Waals surface area contributed by atoms with E-state index in [0.717, 1.165) is 5.56 Å². The molecule has 1 aromatic heterocycles. The molecular weight excluding hydrogens is 380 g/mol. The molecule has 0 unspecified atom stereocenters. The maximum absolute atomic E-state index is 11.5. The molecule has 1 heterocycles. The number of nitrogen functional groups attached to an aromatic ring is 3. The van der Waals surface area contributed by atoms with Crippen LogP contribution in [0.3, 0.4) is 0 Å². The average Bonchev–Trinajstić information content (AvgIpc) is 2.66. The molecule has 15 nitrogen and oxygen atoms in total. The van der Waals surface area contributed by atoms with Gasteiger partial charge in [0.15, 0.2) is 11.6 Å². The number of amides is 2. The molecule has 0 aliphatic heterocycles. The smallest absolute Gasteiger partial charge is 0.327 e. The average molecular weight is 400 g/mol. The third-order valence-corrected chi connectivity index (χ3v) is 4.08. The zero-order valence-corrected chi connectivity index (χ0v) is 14.9. The second kappa shape index (κ2) is 9.99. The van der Waals surface area contributed by atoms with E-state index in [-0.39, 0.29) is 16.5 Å². The fourth-order valence-electron chi connectivity index (χ4n) is 1.56. The van der Waals surface area contributed by atoms with Crippen LogP contribution < -0.4 is 49.8 Å². The van der Waals surface area contributed by atoms with E-state index in [1.54, 1.807) is 17.6 Å². The minimum absolute atomic E-state index is 0.0573. The summed E-state index contributed by atoms with van der Waals surface area (Å²) in [4.78, 5) is 12.2. The standard InChI is InChI=1S/C8H11N3O3S.C3H9N9/c1-6-2-4-7(5-3-6)15(13,14)11-10-8(9)12;4-7-1-2(8-5)10-12-11-3(1)9-6/h2-5,11H,1H3,(H3,9,10,12);4-6H2,(H,7,12)(H2,8,9,10,11). The van der Waals surface area contributed by atoms with Crippen molar-refractivity contribution in [2.45, 2.75) is 11.8 Å². The van der Waals surface area contributed by atoms with Crippen LogP contribution >= 0.6 is 0 Å². The van der Waals surface area contributed by atoms with E-state index >= 15 is 0 Å². The van der Waals surface area contributed by atoms with Crippen LogP contribution in [0.1, 0.15) is 5.56 Å². The molecule has 148 valence electrons. The first-order chi connectivity index (χ1) is 12.7. The summed E-state index contributed by atoms with van der Waals surface area (Å²) >= 11 is 0. The molecule has 0 aliphatic carbocycles. The monoisotopic (exact) mass is 400 g/mol. The van der Waals surface area contributed by atoms with E-state index in [4.69, 9.17) is 23.3 Å². The van der Waals surface area contributed by atoms with Crippen molar-refractivity contribution in [3.63, 3.8) is 0 Å². The summed E-state index contributed by atoms with van der Waals surface area (Å²) in [7, 11) is -3.73. The van der Waals surface area contributed by atoms with Crippen LogP contribution in [0, 0.1) is 6.92 Å². The van der Waals surface area contributed by atoms with Crippen molar-refractivity contribution in [2.75, 3.05) is 16.3 Å². The Morgan fingerprint density at radius 2 is 1.48 bits per heavy atom. The van der Waals surface area contributed by atoms with Crippen molar-refractivity contribution >= 4 is 33.4 Å². The lowest BCUT2D eigenvalue weighted by Gasteiger charge is -2.08. The van der Waals surface area contributed by atoms with Gasteiger partial charge in [-0.15, -0.1) is 15.0 Å². The molecule has 27 heavy (non-hydrogen) atoms. The number of nitrogens with one attached hydrogen (secondary N) is 5. The van der Waals surface area contributed by atoms with Gasteiger partial charge in [0.1, 0.15) is 5.69 Å². The van der Waals surface area contributed by atoms with Gasteiger partial charge in [0.2, 0.25) is 0 Å². The van der Waals surface area contributed by atoms with Crippen LogP contribution in [-0.2, 0) is 10.0 Å². The van der Waals surface area contributed by atoms with Crippen LogP contribution in [0.5, 0.6) is 0 Å². The van der Waals surface area contributed by atoms with E-state index in [1.807, 2.05) is 11.8 Å². The predicted octanol–water partition coefficient (Wildman–Crippen LogP) is -2.41. The number of carbonyl (C=O) groups excluding carboxylic acids is 1. The number of aromatic nitrogens is 3. The number of sulfonamides is 1. The summed E-state index contributed by atoms with van der Waals surface area (Å²) in [5.41, 5.74) is 14.7. The zero-order chi connectivity index (χ0) is 20.4. The lowest BCUT2D eigenvalue weighted by atomic mass is 10.2. The van der Waals surface area contributed by atoms with Crippen molar-refractivity contribution in [3.8, 4) is 0 Å². The van der Waals surface area contributed by atoms with E-state index in [1.165, 1.54) is 12.1 Å². The number of anilines is 3. The van der Waals surface area contributed by atoms with Crippen LogP contribution in [0.25, 0.3) is 0 Å². The van der Waals surface area contributed by atoms with Crippen LogP contribution in [0.15, 0.2) is 29.2 Å². The molecule has 0 spiro atoms. The van der Waals surface area contributed by atoms with Gasteiger partial charge in [0.25, 0.3) is 10.0 Å². The highest BCUT2D eigenvalue weighted by atomic mass is 32.2. The Hall–Kier alpha value is -3.31. The van der Waals surface area contributed by atoms with Crippen LogP contribution in [-0.4, -0.2) is 29.9 Å². The predicted molar refractivity (Wildman–Crippen MR) is 97.5 cm³/mol. The van der Waals surface area contributed by atoms with Crippen molar-refractivity contribution in [3.05, 3.63) is 29.8 Å². The minimum Gasteiger partial charge on any atom is -0.351 e. The summed E-state index contributed by atoms with van der Waals surface area (Å²) in [5, 5.41) is 10.4. The van der Waals surface area contributed by atoms with Gasteiger partial charge in [-0.3, -0.25) is 11.3 Å². The highest BCUT2D eigenvalue weighted by Gasteiger charge is 2.13. The highest BCUT2D eigenvalue weighted by Crippen LogP contribution is 2.21. The number of primary amides is 1. The summed E-state index contributed by atoms with van der Waals surface area (Å²) < 4.78 is 22.9. The largest absolute Gasteiger partial charge is 0.351 e. The van der Waals surface area contributed by atoms with E-state index < -0.39 is 16.1 Å². The summed E-state index contributed by atoms with van der Waals surface area (Å²) in [6.07, 6.45) is 0. The van der Waals surface area contributed by atoms with Gasteiger partial charge in [0, 0.05) is 0 Å². The molecule has 0 aliphatic rings. The second-order valence-corrected chi connectivity index (χ2v) is 6.38. The normalized spacial score (nSPS) is 10.2. The van der Waals surface area contributed by atoms with Gasteiger partial charge < -0.3 is 22.0 Å². The van der Waals surface area contributed by atoms with Gasteiger partial charge in [0.05, 0.1) is 4.90 Å². The molecule has 13 N–H and O–H groups in total. The van der Waals surface area contributed by atoms with Crippen molar-refractivity contribution in [1.29, 1.82) is 0 Å². The maximum atomic E-state index is 11.5. The molecule has 0 fully saturated rings. The summed E-state index contributed by atoms with van der Waals surface area (Å²) in [6, 6.07) is 5.20. The molecule has 0 saturated heterocycles. The van der Waals surface area contributed by atoms with Gasteiger partial charge in [-0.05, 0) is 24.3 Å². The maximum Gasteiger partial charge on any atom is 0.327 e. The number of carbonyl (C=O) groups is 1. The number of hydrazine groups is 4. The Morgan fingerprint density at radius 1 is 0.963 bits per heavy atom. The molecule has 2 rings (SSSR count). The van der Waals surface area contributed by atoms with Crippen molar-refractivity contribution < 1.29 is 13.2 Å². The first kappa shape index (κ1) is 21.7. The number of nitrogens with two attached hydrogens (primary N) is 4. The summed E-state index contributed by atoms with van der Waals surface area (Å²) in [6.45, 7) is 1.84. The van der Waals surface area contributed by atoms with Crippen molar-refractivity contribution in [1.82, 2.24) is 25.7 Å². The van der Waals surface area contributed by atoms with Gasteiger partial charge in [-0.1, -0.05) is 17.7 Å². The molecular formula is C11H20N12O3S. The molecule has 16 heteroatoms. The number of rotatable bonds is 6. The van der Waals surface area contributed by atoms with Crippen LogP contribution in [0.2, 0.25) is 0 Å². The van der Waals surface area contributed by atoms with Crippen LogP contribution in [0.4, 0.5) is 22.1 Å². The lowest BCUT2D eigenvalue weighted by molar-refractivity contribution is 0.247. The van der Waals surface area contributed by atoms with E-state index in [9.17, 15) is 13.2 Å². The molecule has 0 bridgehead atoms. The summed E-state index contributed by atoms with van der Waals surface area (Å²) in [5.74, 6) is 15.9. The number of nitrogens with zero attached hydrogens (tertiary/aromatic N) is 3. The van der Waals surface area contributed by atoms with Gasteiger partial charge in [-0.2, -0.15) is 0 Å². The molecule has 1 aromatic carbocycles. The Kier molecular flexibility index (Phi) is 8.04. The van der Waals surface area contributed by atoms with Gasteiger partial charge >= 0.3 is 6.03 Å². The number of hydrogen-bond donors (Lipinski definition) is 9. The second-order valence-electron chi connectivity index (χ2n) is 4.70. The SMILES string of the molecule is Cc1ccc(S(=O)(=O)NNC(N)=O)cc1.NNc1nnnc(NN)c1NN. The Labute approximate surface area is 154 Å². The van der Waals surface area contributed by atoms with E-state index in [2.05, 4.69) is 31.7 Å². The number of hydrogen-bond acceptors (Lipinski definition) is 12. The fraction of sp³-hybridized carbons (Fsp3) is 0.0909. The first-order valence-electron chi connectivity index (χ1n) is 7.02. The first-order valence-corrected chi connectivity index (χ1v) is 8.50. The third-order valence-electron chi connectivity index (χ3n) is 2.82. The number of benzene rings is 1. The molecule has 2 amide bonds. The minimum atomic E-state index is -3.73. The molecule has 0 saturated carbocycles. The Bertz CT molecular complexity index is 835. The Balaban J connectivity index is 0.000000277. The fourth-order valence-corrected chi connectivity index (χ4v) is 2.40. The Morgan fingerprint density at radius 3 is 1.89 bits per heavy atom. The molecule has 0 radical (unpaired) electrons. The number of aryl methyl sites for hydroxylation is 1. The quantitative estimate of drug-likeness (QED) is 0.181. The van der Waals surface area contributed by atoms with Crippen molar-refractivity contribution in [2.24, 2.45) is 23.3 Å². The third kappa shape index (κ3) is 6.49. The van der Waals surface area contributed by atoms with E-state index in [0.29, 0.717) is 5.69 Å². The topological polar surface area (TPSA) is 254 Å². The lowest BCUT2D eigenvalue weighted by Crippen LogP contribution is -2.44. The zero-order valence-electron chi connectivity index (χ0n) is 14.1. The van der Waals surface area contributed by atoms with Gasteiger partial charge in [-0.25, -0.2) is 24.9 Å². The number of urea groups is 1. The molecule has 2 aromatic rings. The molecule has 0 atom stereocenters.